The highest BCUT2D eigenvalue weighted by Gasteiger charge is 2.29. The van der Waals surface area contributed by atoms with Gasteiger partial charge >= 0.3 is 0 Å². The average Bonchev–Trinajstić information content (AvgIpc) is 2.84. The molecule has 1 atom stereocenters. The molecule has 4 rings (SSSR count). The molecule has 0 spiro atoms. The molecule has 0 radical (unpaired) electrons. The molecule has 7 nitrogen and oxygen atoms in total. The molecule has 0 N–H and O–H groups in total. The summed E-state index contributed by atoms with van der Waals surface area (Å²) in [4.78, 5) is 31.7. The van der Waals surface area contributed by atoms with Crippen LogP contribution in [0.1, 0.15) is 26.3 Å². The van der Waals surface area contributed by atoms with Crippen LogP contribution >= 0.6 is 0 Å². The summed E-state index contributed by atoms with van der Waals surface area (Å²) in [7, 11) is 1.61. The van der Waals surface area contributed by atoms with Gasteiger partial charge in [0.2, 0.25) is 0 Å². The van der Waals surface area contributed by atoms with E-state index in [2.05, 4.69) is 4.90 Å². The summed E-state index contributed by atoms with van der Waals surface area (Å²) >= 11 is 0. The first-order valence-corrected chi connectivity index (χ1v) is 11.2. The fraction of sp³-hybridized carbons (Fsp3) is 0.440. The van der Waals surface area contributed by atoms with Crippen LogP contribution in [0.5, 0.6) is 5.75 Å². The van der Waals surface area contributed by atoms with Crippen molar-refractivity contribution in [3.05, 3.63) is 65.2 Å². The molecule has 2 aliphatic rings. The third kappa shape index (κ3) is 5.29. The fourth-order valence-corrected chi connectivity index (χ4v) is 4.23. The first-order chi connectivity index (χ1) is 15.5. The van der Waals surface area contributed by atoms with Gasteiger partial charge in [-0.05, 0) is 43.3 Å². The maximum Gasteiger partial charge on any atom is 0.254 e. The number of ether oxygens (including phenoxy) is 2. The van der Waals surface area contributed by atoms with E-state index in [9.17, 15) is 9.59 Å². The van der Waals surface area contributed by atoms with E-state index in [-0.39, 0.29) is 17.9 Å². The molecule has 1 unspecified atom stereocenters. The van der Waals surface area contributed by atoms with Crippen molar-refractivity contribution in [2.24, 2.45) is 0 Å². The third-order valence-corrected chi connectivity index (χ3v) is 6.18. The van der Waals surface area contributed by atoms with Crippen LogP contribution in [0, 0.1) is 6.92 Å². The third-order valence-electron chi connectivity index (χ3n) is 6.18. The number of aryl methyl sites for hydroxylation is 1. The van der Waals surface area contributed by atoms with Gasteiger partial charge in [0, 0.05) is 56.9 Å². The van der Waals surface area contributed by atoms with Crippen molar-refractivity contribution in [3.63, 3.8) is 0 Å². The Hall–Kier alpha value is -2.90. The summed E-state index contributed by atoms with van der Waals surface area (Å²) in [6.45, 7) is 7.52. The highest BCUT2D eigenvalue weighted by molar-refractivity contribution is 5.95. The van der Waals surface area contributed by atoms with Crippen LogP contribution in [0.3, 0.4) is 0 Å². The molecule has 0 aliphatic carbocycles. The quantitative estimate of drug-likeness (QED) is 0.718. The summed E-state index contributed by atoms with van der Waals surface area (Å²) in [5, 5.41) is 0. The summed E-state index contributed by atoms with van der Waals surface area (Å²) in [5.41, 5.74) is 2.56. The highest BCUT2D eigenvalue weighted by atomic mass is 16.5. The lowest BCUT2D eigenvalue weighted by atomic mass is 10.1. The van der Waals surface area contributed by atoms with Crippen molar-refractivity contribution < 1.29 is 19.1 Å². The molecule has 7 heteroatoms. The second kappa shape index (κ2) is 10.1. The maximum atomic E-state index is 12.9. The Kier molecular flexibility index (Phi) is 7.07. The van der Waals surface area contributed by atoms with Crippen molar-refractivity contribution in [2.75, 3.05) is 59.5 Å². The molecule has 2 aromatic carbocycles. The molecule has 0 aromatic heterocycles. The van der Waals surface area contributed by atoms with E-state index in [4.69, 9.17) is 9.47 Å². The van der Waals surface area contributed by atoms with Gasteiger partial charge in [0.15, 0.2) is 0 Å². The number of rotatable bonds is 5. The monoisotopic (exact) mass is 437 g/mol. The van der Waals surface area contributed by atoms with Crippen LogP contribution < -0.4 is 4.74 Å². The van der Waals surface area contributed by atoms with Gasteiger partial charge in [-0.2, -0.15) is 0 Å². The van der Waals surface area contributed by atoms with E-state index < -0.39 is 0 Å². The van der Waals surface area contributed by atoms with Crippen molar-refractivity contribution in [1.29, 1.82) is 0 Å². The first kappa shape index (κ1) is 22.3. The van der Waals surface area contributed by atoms with Crippen molar-refractivity contribution in [2.45, 2.75) is 13.0 Å². The van der Waals surface area contributed by atoms with Gasteiger partial charge in [-0.15, -0.1) is 0 Å². The second-order valence-electron chi connectivity index (χ2n) is 8.43. The molecule has 2 amide bonds. The highest BCUT2D eigenvalue weighted by Crippen LogP contribution is 2.17. The number of hydrogen-bond acceptors (Lipinski definition) is 5. The lowest BCUT2D eigenvalue weighted by molar-refractivity contribution is -0.0399. The Balaban J connectivity index is 1.27. The zero-order valence-corrected chi connectivity index (χ0v) is 18.8. The Labute approximate surface area is 189 Å². The Morgan fingerprint density at radius 3 is 2.09 bits per heavy atom. The summed E-state index contributed by atoms with van der Waals surface area (Å²) in [5.74, 6) is 0.853. The number of nitrogens with zero attached hydrogens (tertiary/aromatic N) is 3. The Bertz CT molecular complexity index is 921. The first-order valence-electron chi connectivity index (χ1n) is 11.2. The van der Waals surface area contributed by atoms with Crippen LogP contribution in [-0.2, 0) is 4.74 Å². The van der Waals surface area contributed by atoms with Gasteiger partial charge in [0.25, 0.3) is 11.8 Å². The molecule has 32 heavy (non-hydrogen) atoms. The molecule has 0 saturated carbocycles. The van der Waals surface area contributed by atoms with E-state index in [0.717, 1.165) is 36.5 Å². The van der Waals surface area contributed by atoms with Gasteiger partial charge in [-0.3, -0.25) is 14.5 Å². The van der Waals surface area contributed by atoms with Gasteiger partial charge in [-0.25, -0.2) is 0 Å². The predicted octanol–water partition coefficient (Wildman–Crippen LogP) is 2.30. The number of amides is 2. The normalized spacial score (nSPS) is 19.6. The van der Waals surface area contributed by atoms with E-state index in [1.165, 1.54) is 0 Å². The SMILES string of the molecule is COc1ccc(C(=O)N2CCOC(CN3CCN(C(=O)c4ccc(C)cc4)CC3)C2)cc1. The van der Waals surface area contributed by atoms with Crippen molar-refractivity contribution >= 4 is 11.8 Å². The fourth-order valence-electron chi connectivity index (χ4n) is 4.23. The van der Waals surface area contributed by atoms with E-state index in [1.54, 1.807) is 19.2 Å². The molecule has 2 aliphatic heterocycles. The van der Waals surface area contributed by atoms with E-state index in [1.807, 2.05) is 53.1 Å². The minimum Gasteiger partial charge on any atom is -0.497 e. The molecule has 0 bridgehead atoms. The molecular weight excluding hydrogens is 406 g/mol. The number of hydrogen-bond donors (Lipinski definition) is 0. The van der Waals surface area contributed by atoms with Crippen LogP contribution in [0.15, 0.2) is 48.5 Å². The van der Waals surface area contributed by atoms with Crippen LogP contribution in [0.2, 0.25) is 0 Å². The molecule has 2 heterocycles. The van der Waals surface area contributed by atoms with Crippen LogP contribution in [-0.4, -0.2) is 92.1 Å². The smallest absolute Gasteiger partial charge is 0.254 e. The number of methoxy groups -OCH3 is 1. The second-order valence-corrected chi connectivity index (χ2v) is 8.43. The van der Waals surface area contributed by atoms with Gasteiger partial charge in [0.1, 0.15) is 5.75 Å². The standard InChI is InChI=1S/C25H31N3O4/c1-19-3-5-20(6-4-19)24(29)27-13-11-26(12-14-27)17-23-18-28(15-16-32-23)25(30)21-7-9-22(31-2)10-8-21/h3-10,23H,11-18H2,1-2H3. The largest absolute Gasteiger partial charge is 0.497 e. The summed E-state index contributed by atoms with van der Waals surface area (Å²) in [6, 6.07) is 15.0. The average molecular weight is 438 g/mol. The van der Waals surface area contributed by atoms with Crippen molar-refractivity contribution in [3.8, 4) is 5.75 Å². The Morgan fingerprint density at radius 2 is 1.47 bits per heavy atom. The minimum atomic E-state index is -0.0229. The van der Waals surface area contributed by atoms with E-state index >= 15 is 0 Å². The molecule has 2 saturated heterocycles. The Morgan fingerprint density at radius 1 is 0.875 bits per heavy atom. The van der Waals surface area contributed by atoms with Crippen molar-refractivity contribution in [1.82, 2.24) is 14.7 Å². The maximum absolute atomic E-state index is 12.9. The van der Waals surface area contributed by atoms with Crippen LogP contribution in [0.25, 0.3) is 0 Å². The number of carbonyl (C=O) groups is 2. The van der Waals surface area contributed by atoms with E-state index in [0.29, 0.717) is 38.3 Å². The summed E-state index contributed by atoms with van der Waals surface area (Å²) < 4.78 is 11.1. The molecule has 2 aromatic rings. The molecular formula is C25H31N3O4. The lowest BCUT2D eigenvalue weighted by Crippen LogP contribution is -2.54. The molecule has 170 valence electrons. The van der Waals surface area contributed by atoms with Gasteiger partial charge < -0.3 is 19.3 Å². The van der Waals surface area contributed by atoms with Gasteiger partial charge in [-0.1, -0.05) is 17.7 Å². The number of benzene rings is 2. The van der Waals surface area contributed by atoms with Gasteiger partial charge in [0.05, 0.1) is 19.8 Å². The zero-order chi connectivity index (χ0) is 22.5. The lowest BCUT2D eigenvalue weighted by Gasteiger charge is -2.39. The van der Waals surface area contributed by atoms with Crippen LogP contribution in [0.4, 0.5) is 0 Å². The number of piperazine rings is 1. The number of carbonyl (C=O) groups excluding carboxylic acids is 2. The predicted molar refractivity (Wildman–Crippen MR) is 122 cm³/mol. The molecule has 2 fully saturated rings. The minimum absolute atomic E-state index is 0.0227. The summed E-state index contributed by atoms with van der Waals surface area (Å²) in [6.07, 6.45) is -0.0229. The zero-order valence-electron chi connectivity index (χ0n) is 18.8. The number of morpholine rings is 1. The topological polar surface area (TPSA) is 62.3 Å².